The van der Waals surface area contributed by atoms with Crippen molar-refractivity contribution in [2.24, 2.45) is 0 Å². The number of hydrogen-bond donors (Lipinski definition) is 1. The van der Waals surface area contributed by atoms with Crippen LogP contribution in [-0.4, -0.2) is 31.3 Å². The summed E-state index contributed by atoms with van der Waals surface area (Å²) in [4.78, 5) is 22.6. The van der Waals surface area contributed by atoms with Gasteiger partial charge in [0.1, 0.15) is 48.4 Å². The van der Waals surface area contributed by atoms with Crippen molar-refractivity contribution in [1.29, 1.82) is 0 Å². The van der Waals surface area contributed by atoms with E-state index in [0.29, 0.717) is 25.6 Å². The molecule has 6 aromatic rings. The topological polar surface area (TPSA) is 110 Å². The van der Waals surface area contributed by atoms with Crippen LogP contribution in [0.2, 0.25) is 0 Å². The molecule has 1 heterocycles. The Labute approximate surface area is 326 Å². The van der Waals surface area contributed by atoms with Gasteiger partial charge in [-0.2, -0.15) is 0 Å². The van der Waals surface area contributed by atoms with Gasteiger partial charge in [-0.05, 0) is 87.5 Å². The van der Waals surface area contributed by atoms with Crippen LogP contribution in [0.3, 0.4) is 0 Å². The Morgan fingerprint density at radius 2 is 1.21 bits per heavy atom. The molecule has 0 bridgehead atoms. The van der Waals surface area contributed by atoms with Gasteiger partial charge in [0.25, 0.3) is 0 Å². The van der Waals surface area contributed by atoms with E-state index in [1.54, 1.807) is 14.2 Å². The Morgan fingerprint density at radius 3 is 1.88 bits per heavy atom. The normalized spacial score (nSPS) is 11.8. The van der Waals surface area contributed by atoms with Gasteiger partial charge in [0, 0.05) is 11.1 Å². The van der Waals surface area contributed by atoms with Crippen molar-refractivity contribution in [2.75, 3.05) is 14.2 Å². The number of hydrogen-bond acceptors (Lipinski definition) is 8. The molecule has 9 nitrogen and oxygen atoms in total. The van der Waals surface area contributed by atoms with E-state index in [1.165, 1.54) is 0 Å². The molecule has 0 unspecified atom stereocenters. The molecule has 0 fully saturated rings. The summed E-state index contributed by atoms with van der Waals surface area (Å²) in [7, 11) is 3.32. The Kier molecular flexibility index (Phi) is 11.6. The zero-order valence-corrected chi connectivity index (χ0v) is 31.2. The highest BCUT2D eigenvalue weighted by Crippen LogP contribution is 2.44. The van der Waals surface area contributed by atoms with Gasteiger partial charge in [0.05, 0.1) is 33.7 Å². The molecule has 0 atom stereocenters. The molecular formula is C47H42O9. The third kappa shape index (κ3) is 8.53. The lowest BCUT2D eigenvalue weighted by Gasteiger charge is -2.36. The number of carboxylic acid groups (broad SMARTS) is 1. The van der Waals surface area contributed by atoms with Crippen molar-refractivity contribution < 1.29 is 43.1 Å². The van der Waals surface area contributed by atoms with Crippen LogP contribution in [0.25, 0.3) is 11.1 Å². The molecule has 7 rings (SSSR count). The van der Waals surface area contributed by atoms with E-state index in [4.69, 9.17) is 33.5 Å². The zero-order chi connectivity index (χ0) is 38.9. The number of carbonyl (C=O) groups excluding carboxylic acids is 1. The maximum absolute atomic E-state index is 11.8. The third-order valence-corrected chi connectivity index (χ3v) is 9.76. The minimum absolute atomic E-state index is 0.0644. The first-order valence-electron chi connectivity index (χ1n) is 18.3. The SMILES string of the molecule is COc1ccc(C(OCc2ccc3c(c2)OCc2cc(OCc4cccc(COC(=O)CCC(=O)O)c4)ccc2-3)(c2ccccc2)c2ccc(OC)cc2)cc1. The molecule has 0 aliphatic carbocycles. The highest BCUT2D eigenvalue weighted by Gasteiger charge is 2.38. The predicted molar refractivity (Wildman–Crippen MR) is 211 cm³/mol. The number of aliphatic carboxylic acids is 1. The Bertz CT molecular complexity index is 2240. The third-order valence-electron chi connectivity index (χ3n) is 9.76. The minimum atomic E-state index is -1.03. The van der Waals surface area contributed by atoms with E-state index in [2.05, 4.69) is 36.4 Å². The molecule has 56 heavy (non-hydrogen) atoms. The molecule has 0 aromatic heterocycles. The molecule has 6 aromatic carbocycles. The average molecular weight is 751 g/mol. The quantitative estimate of drug-likeness (QED) is 0.0765. The molecule has 9 heteroatoms. The van der Waals surface area contributed by atoms with E-state index >= 15 is 0 Å². The van der Waals surface area contributed by atoms with Gasteiger partial charge in [-0.25, -0.2) is 0 Å². The van der Waals surface area contributed by atoms with E-state index in [-0.39, 0.29) is 19.4 Å². The Balaban J connectivity index is 1.08. The monoisotopic (exact) mass is 750 g/mol. The summed E-state index contributed by atoms with van der Waals surface area (Å²) in [6.45, 7) is 1.07. The van der Waals surface area contributed by atoms with Gasteiger partial charge < -0.3 is 33.5 Å². The molecular weight excluding hydrogens is 709 g/mol. The fourth-order valence-corrected chi connectivity index (χ4v) is 6.88. The highest BCUT2D eigenvalue weighted by atomic mass is 16.5. The molecule has 1 aliphatic heterocycles. The molecule has 1 N–H and O–H groups in total. The van der Waals surface area contributed by atoms with Crippen molar-refractivity contribution in [3.63, 3.8) is 0 Å². The Hall–Kier alpha value is -6.58. The zero-order valence-electron chi connectivity index (χ0n) is 31.2. The highest BCUT2D eigenvalue weighted by molar-refractivity contribution is 5.77. The maximum atomic E-state index is 11.8. The molecule has 0 amide bonds. The van der Waals surface area contributed by atoms with Crippen LogP contribution < -0.4 is 18.9 Å². The van der Waals surface area contributed by atoms with Crippen molar-refractivity contribution in [3.8, 4) is 34.1 Å². The number of methoxy groups -OCH3 is 2. The number of fused-ring (bicyclic) bond motifs is 3. The smallest absolute Gasteiger partial charge is 0.306 e. The lowest BCUT2D eigenvalue weighted by Crippen LogP contribution is -2.32. The lowest BCUT2D eigenvalue weighted by atomic mass is 9.80. The number of ether oxygens (including phenoxy) is 6. The van der Waals surface area contributed by atoms with Crippen LogP contribution >= 0.6 is 0 Å². The number of esters is 1. The number of rotatable bonds is 16. The largest absolute Gasteiger partial charge is 0.497 e. The van der Waals surface area contributed by atoms with Gasteiger partial charge in [-0.1, -0.05) is 91.0 Å². The van der Waals surface area contributed by atoms with E-state index in [0.717, 1.165) is 67.3 Å². The number of carboxylic acids is 1. The van der Waals surface area contributed by atoms with Crippen molar-refractivity contribution in [1.82, 2.24) is 0 Å². The van der Waals surface area contributed by atoms with Gasteiger partial charge >= 0.3 is 11.9 Å². The van der Waals surface area contributed by atoms with E-state index < -0.39 is 17.5 Å². The summed E-state index contributed by atoms with van der Waals surface area (Å²) < 4.78 is 35.8. The maximum Gasteiger partial charge on any atom is 0.306 e. The molecule has 0 saturated heterocycles. The summed E-state index contributed by atoms with van der Waals surface area (Å²) in [6, 6.07) is 46.0. The summed E-state index contributed by atoms with van der Waals surface area (Å²) in [5.41, 5.74) is 7.71. The summed E-state index contributed by atoms with van der Waals surface area (Å²) >= 11 is 0. The van der Waals surface area contributed by atoms with Crippen LogP contribution in [0.15, 0.2) is 140 Å². The van der Waals surface area contributed by atoms with Crippen LogP contribution in [0.4, 0.5) is 0 Å². The number of benzene rings is 6. The molecule has 0 radical (unpaired) electrons. The van der Waals surface area contributed by atoms with Crippen LogP contribution in [0.5, 0.6) is 23.0 Å². The second-order valence-corrected chi connectivity index (χ2v) is 13.4. The molecule has 284 valence electrons. The molecule has 1 aliphatic rings. The first kappa shape index (κ1) is 37.7. The fourth-order valence-electron chi connectivity index (χ4n) is 6.88. The van der Waals surface area contributed by atoms with Gasteiger partial charge in [-0.15, -0.1) is 0 Å². The van der Waals surface area contributed by atoms with Crippen molar-refractivity contribution >= 4 is 11.9 Å². The second-order valence-electron chi connectivity index (χ2n) is 13.4. The standard InChI is InChI=1S/C47H42O9/c1-51-39-16-12-37(13-17-39)47(36-9-4-3-5-10-36,38-14-18-40(52-2)19-15-38)56-30-34-11-21-43-42-22-20-41(27-35(42)31-54-44(43)26-34)53-28-32-7-6-8-33(25-32)29-55-46(50)24-23-45(48)49/h3-22,25-27H,23-24,28-31H2,1-2H3,(H,48,49). The van der Waals surface area contributed by atoms with Crippen LogP contribution in [-0.2, 0) is 51.1 Å². The van der Waals surface area contributed by atoms with Crippen molar-refractivity contribution in [3.05, 3.63) is 178 Å². The second kappa shape index (κ2) is 17.3. The molecule has 0 saturated carbocycles. The lowest BCUT2D eigenvalue weighted by molar-refractivity contribution is -0.148. The fraction of sp³-hybridized carbons (Fsp3) is 0.191. The van der Waals surface area contributed by atoms with Crippen molar-refractivity contribution in [2.45, 2.75) is 44.9 Å². The summed E-state index contributed by atoms with van der Waals surface area (Å²) in [5.74, 6) is 1.43. The van der Waals surface area contributed by atoms with Gasteiger partial charge in [0.15, 0.2) is 0 Å². The average Bonchev–Trinajstić information content (AvgIpc) is 3.25. The van der Waals surface area contributed by atoms with E-state index in [1.807, 2.05) is 103 Å². The van der Waals surface area contributed by atoms with Gasteiger partial charge in [-0.3, -0.25) is 9.59 Å². The first-order chi connectivity index (χ1) is 27.3. The van der Waals surface area contributed by atoms with Gasteiger partial charge in [0.2, 0.25) is 0 Å². The minimum Gasteiger partial charge on any atom is -0.497 e. The van der Waals surface area contributed by atoms with E-state index in [9.17, 15) is 9.59 Å². The van der Waals surface area contributed by atoms with Crippen LogP contribution in [0, 0.1) is 0 Å². The molecule has 0 spiro atoms. The predicted octanol–water partition coefficient (Wildman–Crippen LogP) is 9.26. The summed E-state index contributed by atoms with van der Waals surface area (Å²) in [6.07, 6.45) is -0.416. The first-order valence-corrected chi connectivity index (χ1v) is 18.3. The van der Waals surface area contributed by atoms with Crippen LogP contribution in [0.1, 0.15) is 51.8 Å². The Morgan fingerprint density at radius 1 is 0.607 bits per heavy atom. The summed E-state index contributed by atoms with van der Waals surface area (Å²) in [5, 5.41) is 8.77. The number of carbonyl (C=O) groups is 2.